The molecule has 0 saturated carbocycles. The van der Waals surface area contributed by atoms with Crippen molar-refractivity contribution >= 4 is 17.0 Å². The van der Waals surface area contributed by atoms with Crippen molar-refractivity contribution in [1.29, 1.82) is 0 Å². The van der Waals surface area contributed by atoms with Crippen LogP contribution in [0.25, 0.3) is 33.4 Å². The van der Waals surface area contributed by atoms with Crippen molar-refractivity contribution in [3.05, 3.63) is 42.6 Å². The van der Waals surface area contributed by atoms with Gasteiger partial charge in [-0.1, -0.05) is 27.2 Å². The van der Waals surface area contributed by atoms with Crippen LogP contribution in [-0.4, -0.2) is 34.8 Å². The average Bonchev–Trinajstić information content (AvgIpc) is 3.42. The number of hydrogen-bond acceptors (Lipinski definition) is 6. The van der Waals surface area contributed by atoms with E-state index in [0.29, 0.717) is 23.9 Å². The quantitative estimate of drug-likeness (QED) is 0.407. The normalized spacial score (nSPS) is 12.1. The van der Waals surface area contributed by atoms with Gasteiger partial charge in [-0.3, -0.25) is 4.68 Å². The van der Waals surface area contributed by atoms with Gasteiger partial charge in [-0.2, -0.15) is 5.10 Å². The van der Waals surface area contributed by atoms with Gasteiger partial charge in [0.1, 0.15) is 5.65 Å². The van der Waals surface area contributed by atoms with Gasteiger partial charge in [0.25, 0.3) is 0 Å². The summed E-state index contributed by atoms with van der Waals surface area (Å²) >= 11 is 0. The zero-order valence-electron chi connectivity index (χ0n) is 18.8. The lowest BCUT2D eigenvalue weighted by molar-refractivity contribution is 0.162. The van der Waals surface area contributed by atoms with E-state index < -0.39 is 6.10 Å². The average molecular weight is 422 g/mol. The van der Waals surface area contributed by atoms with Crippen LogP contribution in [0.5, 0.6) is 0 Å². The number of pyridine rings is 1. The zero-order chi connectivity index (χ0) is 22.5. The molecule has 8 heteroatoms. The smallest absolute Gasteiger partial charge is 0.220 e. The second-order valence-corrected chi connectivity index (χ2v) is 7.47. The van der Waals surface area contributed by atoms with Crippen LogP contribution in [0.2, 0.25) is 0 Å². The minimum Gasteiger partial charge on any atom is -0.387 e. The molecule has 0 aliphatic rings. The van der Waals surface area contributed by atoms with Gasteiger partial charge < -0.3 is 15.8 Å². The Labute approximate surface area is 182 Å². The van der Waals surface area contributed by atoms with E-state index in [0.717, 1.165) is 34.1 Å². The Morgan fingerprint density at radius 3 is 2.58 bits per heavy atom. The van der Waals surface area contributed by atoms with E-state index in [1.807, 2.05) is 50.2 Å². The summed E-state index contributed by atoms with van der Waals surface area (Å²) in [5.74, 6) is 0.143. The van der Waals surface area contributed by atoms with Gasteiger partial charge >= 0.3 is 0 Å². The number of aromatic amines is 1. The minimum absolute atomic E-state index is 0.143. The maximum absolute atomic E-state index is 10.3. The fourth-order valence-corrected chi connectivity index (χ4v) is 3.36. The molecule has 1 atom stereocenters. The SMILES string of the molecule is CC.CCCC(O)c1cc(-c2c[nH]c3ncc(-c4cnn(C(C)C)c4)cc23)nc(N)n1. The first kappa shape index (κ1) is 22.4. The van der Waals surface area contributed by atoms with Crippen LogP contribution in [0.1, 0.15) is 65.3 Å². The molecule has 4 rings (SSSR count). The lowest BCUT2D eigenvalue weighted by Crippen LogP contribution is -2.05. The fourth-order valence-electron chi connectivity index (χ4n) is 3.36. The summed E-state index contributed by atoms with van der Waals surface area (Å²) < 4.78 is 1.92. The largest absolute Gasteiger partial charge is 0.387 e. The summed E-state index contributed by atoms with van der Waals surface area (Å²) in [6.07, 6.45) is 8.36. The predicted octanol–water partition coefficient (Wildman–Crippen LogP) is 4.91. The molecule has 1 unspecified atom stereocenters. The Balaban J connectivity index is 0.00000132. The molecule has 0 spiro atoms. The van der Waals surface area contributed by atoms with Crippen LogP contribution in [0, 0.1) is 0 Å². The summed E-state index contributed by atoms with van der Waals surface area (Å²) in [4.78, 5) is 16.3. The minimum atomic E-state index is -0.662. The highest BCUT2D eigenvalue weighted by atomic mass is 16.3. The highest BCUT2D eigenvalue weighted by Crippen LogP contribution is 2.31. The molecule has 4 aromatic heterocycles. The first-order chi connectivity index (χ1) is 15.0. The standard InChI is InChI=1S/C21H25N7O.C2H6/c1-4-5-19(29)18-7-17(26-21(22)27-18)16-10-24-20-15(16)6-13(8-23-20)14-9-25-28(11-14)12(2)3;1-2/h6-12,19,29H,4-5H2,1-3H3,(H,23,24)(H2,22,26,27);1-2H3. The molecule has 0 radical (unpaired) electrons. The van der Waals surface area contributed by atoms with Crippen LogP contribution >= 0.6 is 0 Å². The first-order valence-corrected chi connectivity index (χ1v) is 10.8. The maximum atomic E-state index is 10.3. The van der Waals surface area contributed by atoms with Crippen molar-refractivity contribution in [2.24, 2.45) is 0 Å². The number of nitrogens with one attached hydrogen (secondary N) is 1. The van der Waals surface area contributed by atoms with Gasteiger partial charge in [0.2, 0.25) is 5.95 Å². The second kappa shape index (κ2) is 9.70. The number of nitrogens with two attached hydrogens (primary N) is 1. The van der Waals surface area contributed by atoms with Crippen LogP contribution in [0.15, 0.2) is 36.9 Å². The summed E-state index contributed by atoms with van der Waals surface area (Å²) in [5.41, 5.74) is 10.7. The Morgan fingerprint density at radius 1 is 1.13 bits per heavy atom. The molecule has 0 saturated heterocycles. The number of hydrogen-bond donors (Lipinski definition) is 3. The van der Waals surface area contributed by atoms with Gasteiger partial charge in [-0.05, 0) is 32.4 Å². The van der Waals surface area contributed by atoms with Gasteiger partial charge in [0, 0.05) is 46.7 Å². The Morgan fingerprint density at radius 2 is 1.90 bits per heavy atom. The van der Waals surface area contributed by atoms with Crippen molar-refractivity contribution in [1.82, 2.24) is 29.7 Å². The highest BCUT2D eigenvalue weighted by Gasteiger charge is 2.16. The lowest BCUT2D eigenvalue weighted by atomic mass is 10.1. The molecule has 8 nitrogen and oxygen atoms in total. The predicted molar refractivity (Wildman–Crippen MR) is 124 cm³/mol. The summed E-state index contributed by atoms with van der Waals surface area (Å²) in [7, 11) is 0. The molecular weight excluding hydrogens is 390 g/mol. The second-order valence-electron chi connectivity index (χ2n) is 7.47. The topological polar surface area (TPSA) is 119 Å². The number of nitrogen functional groups attached to an aromatic ring is 1. The lowest BCUT2D eigenvalue weighted by Gasteiger charge is -2.10. The fraction of sp³-hybridized carbons (Fsp3) is 0.391. The monoisotopic (exact) mass is 421 g/mol. The van der Waals surface area contributed by atoms with Crippen molar-refractivity contribution < 1.29 is 5.11 Å². The van der Waals surface area contributed by atoms with E-state index in [9.17, 15) is 5.11 Å². The van der Waals surface area contributed by atoms with Gasteiger partial charge in [0.15, 0.2) is 0 Å². The van der Waals surface area contributed by atoms with Gasteiger partial charge in [0.05, 0.1) is 23.7 Å². The number of fused-ring (bicyclic) bond motifs is 1. The Bertz CT molecular complexity index is 1150. The summed E-state index contributed by atoms with van der Waals surface area (Å²) in [5, 5.41) is 15.7. The third kappa shape index (κ3) is 4.74. The molecule has 4 N–H and O–H groups in total. The van der Waals surface area contributed by atoms with Crippen molar-refractivity contribution in [3.63, 3.8) is 0 Å². The third-order valence-corrected chi connectivity index (χ3v) is 4.94. The van der Waals surface area contributed by atoms with Gasteiger partial charge in [-0.15, -0.1) is 0 Å². The van der Waals surface area contributed by atoms with E-state index in [1.165, 1.54) is 0 Å². The zero-order valence-corrected chi connectivity index (χ0v) is 18.8. The Kier molecular flexibility index (Phi) is 7.02. The van der Waals surface area contributed by atoms with E-state index in [-0.39, 0.29) is 5.95 Å². The highest BCUT2D eigenvalue weighted by molar-refractivity contribution is 5.95. The molecule has 0 fully saturated rings. The van der Waals surface area contributed by atoms with E-state index in [2.05, 4.69) is 44.9 Å². The molecule has 0 amide bonds. The molecule has 0 aromatic carbocycles. The molecule has 0 aliphatic heterocycles. The Hall–Kier alpha value is -3.26. The van der Waals surface area contributed by atoms with Crippen LogP contribution < -0.4 is 5.73 Å². The van der Waals surface area contributed by atoms with Crippen molar-refractivity contribution in [2.75, 3.05) is 5.73 Å². The van der Waals surface area contributed by atoms with E-state index >= 15 is 0 Å². The maximum Gasteiger partial charge on any atom is 0.220 e. The molecule has 4 aromatic rings. The van der Waals surface area contributed by atoms with E-state index in [1.54, 1.807) is 6.07 Å². The molecule has 164 valence electrons. The van der Waals surface area contributed by atoms with E-state index in [4.69, 9.17) is 5.73 Å². The molecule has 4 heterocycles. The van der Waals surface area contributed by atoms with Crippen LogP contribution in [0.3, 0.4) is 0 Å². The van der Waals surface area contributed by atoms with Gasteiger partial charge in [-0.25, -0.2) is 15.0 Å². The number of nitrogens with zero attached hydrogens (tertiary/aromatic N) is 5. The number of aliphatic hydroxyl groups is 1. The number of aromatic nitrogens is 6. The van der Waals surface area contributed by atoms with Crippen molar-refractivity contribution in [2.45, 2.75) is 59.6 Å². The third-order valence-electron chi connectivity index (χ3n) is 4.94. The molecule has 0 bridgehead atoms. The molecular formula is C23H31N7O. The van der Waals surface area contributed by atoms with Crippen LogP contribution in [0.4, 0.5) is 5.95 Å². The summed E-state index contributed by atoms with van der Waals surface area (Å²) in [6, 6.07) is 4.15. The number of H-pyrrole nitrogens is 1. The number of rotatable bonds is 6. The first-order valence-electron chi connectivity index (χ1n) is 10.8. The summed E-state index contributed by atoms with van der Waals surface area (Å²) in [6.45, 7) is 10.2. The number of anilines is 1. The van der Waals surface area contributed by atoms with Crippen molar-refractivity contribution in [3.8, 4) is 22.4 Å². The molecule has 31 heavy (non-hydrogen) atoms. The number of aliphatic hydroxyl groups excluding tert-OH is 1. The van der Waals surface area contributed by atoms with Crippen LogP contribution in [-0.2, 0) is 0 Å². The molecule has 0 aliphatic carbocycles.